The smallest absolute Gasteiger partial charge is 0.166 e. The van der Waals surface area contributed by atoms with Crippen molar-refractivity contribution in [2.45, 2.75) is 38.4 Å². The van der Waals surface area contributed by atoms with Crippen LogP contribution in [-0.4, -0.2) is 19.5 Å². The van der Waals surface area contributed by atoms with Crippen molar-refractivity contribution < 1.29 is 22.6 Å². The average Bonchev–Trinajstić information content (AvgIpc) is 2.85. The highest BCUT2D eigenvalue weighted by molar-refractivity contribution is 5.71. The summed E-state index contributed by atoms with van der Waals surface area (Å²) in [6, 6.07) is 15.3. The number of aryl methyl sites for hydroxylation is 1. The summed E-state index contributed by atoms with van der Waals surface area (Å²) < 4.78 is 55.0. The molecule has 33 heavy (non-hydrogen) atoms. The van der Waals surface area contributed by atoms with E-state index < -0.39 is 11.6 Å². The van der Waals surface area contributed by atoms with Gasteiger partial charge in [0.2, 0.25) is 0 Å². The van der Waals surface area contributed by atoms with Gasteiger partial charge in [-0.05, 0) is 46.7 Å². The first-order valence-corrected chi connectivity index (χ1v) is 11.2. The summed E-state index contributed by atoms with van der Waals surface area (Å²) >= 11 is 0. The van der Waals surface area contributed by atoms with Crippen molar-refractivity contribution in [1.29, 1.82) is 0 Å². The molecule has 172 valence electrons. The van der Waals surface area contributed by atoms with Crippen molar-refractivity contribution >= 4 is 0 Å². The lowest BCUT2D eigenvalue weighted by Gasteiger charge is -2.29. The Balaban J connectivity index is 1.49. The van der Waals surface area contributed by atoms with Gasteiger partial charge in [-0.3, -0.25) is 0 Å². The van der Waals surface area contributed by atoms with Crippen LogP contribution in [0.15, 0.2) is 67.3 Å². The van der Waals surface area contributed by atoms with Crippen molar-refractivity contribution in [3.05, 3.63) is 95.8 Å². The van der Waals surface area contributed by atoms with E-state index in [-0.39, 0.29) is 23.6 Å². The quantitative estimate of drug-likeness (QED) is 0.347. The summed E-state index contributed by atoms with van der Waals surface area (Å²) in [5.74, 6) is -2.13. The van der Waals surface area contributed by atoms with Crippen LogP contribution in [0.2, 0.25) is 0 Å². The number of halogens is 3. The SMILES string of the molecule is C=CCCC1OCC(c2ccc(-c3ccc(-c4ccc(CC)c(F)c4F)cc3)cc2F)CO1. The van der Waals surface area contributed by atoms with Crippen molar-refractivity contribution in [1.82, 2.24) is 0 Å². The molecule has 1 fully saturated rings. The minimum absolute atomic E-state index is 0.162. The Kier molecular flexibility index (Phi) is 7.31. The van der Waals surface area contributed by atoms with Crippen molar-refractivity contribution in [2.24, 2.45) is 0 Å². The van der Waals surface area contributed by atoms with E-state index in [4.69, 9.17) is 9.47 Å². The standard InChI is InChI=1S/C28H27F3O2/c1-3-5-6-26-32-16-22(17-33-26)23-13-12-21(15-25(23)29)19-7-9-20(10-8-19)24-14-11-18(4-2)27(30)28(24)31/h3,7-15,22,26H,1,4-6,16-17H2,2H3. The molecule has 0 aliphatic carbocycles. The highest BCUT2D eigenvalue weighted by Gasteiger charge is 2.25. The minimum Gasteiger partial charge on any atom is -0.352 e. The maximum Gasteiger partial charge on any atom is 0.166 e. The molecule has 1 aliphatic heterocycles. The van der Waals surface area contributed by atoms with Gasteiger partial charge in [0.15, 0.2) is 17.9 Å². The normalized spacial score (nSPS) is 18.3. The van der Waals surface area contributed by atoms with E-state index in [9.17, 15) is 13.2 Å². The minimum atomic E-state index is -0.846. The van der Waals surface area contributed by atoms with E-state index >= 15 is 0 Å². The number of hydrogen-bond donors (Lipinski definition) is 0. The number of benzene rings is 3. The fraction of sp³-hybridized carbons (Fsp3) is 0.286. The van der Waals surface area contributed by atoms with E-state index in [2.05, 4.69) is 6.58 Å². The molecule has 1 aliphatic rings. The Morgan fingerprint density at radius 2 is 1.55 bits per heavy atom. The van der Waals surface area contributed by atoms with Gasteiger partial charge < -0.3 is 9.47 Å². The van der Waals surface area contributed by atoms with Crippen LogP contribution < -0.4 is 0 Å². The number of hydrogen-bond acceptors (Lipinski definition) is 2. The van der Waals surface area contributed by atoms with Gasteiger partial charge in [-0.15, -0.1) is 6.58 Å². The molecule has 0 atom stereocenters. The van der Waals surface area contributed by atoms with Gasteiger partial charge in [-0.2, -0.15) is 0 Å². The first kappa shape index (κ1) is 23.3. The molecule has 0 spiro atoms. The van der Waals surface area contributed by atoms with Crippen LogP contribution in [0.1, 0.15) is 36.8 Å². The molecule has 5 heteroatoms. The molecule has 0 N–H and O–H groups in total. The fourth-order valence-electron chi connectivity index (χ4n) is 4.11. The van der Waals surface area contributed by atoms with Crippen LogP contribution in [0.3, 0.4) is 0 Å². The Labute approximate surface area is 192 Å². The molecule has 3 aromatic rings. The predicted molar refractivity (Wildman–Crippen MR) is 124 cm³/mol. The van der Waals surface area contributed by atoms with Gasteiger partial charge in [0.05, 0.1) is 13.2 Å². The van der Waals surface area contributed by atoms with E-state index in [1.54, 1.807) is 49.4 Å². The molecular weight excluding hydrogens is 425 g/mol. The Morgan fingerprint density at radius 3 is 2.18 bits per heavy atom. The maximum absolute atomic E-state index is 14.9. The van der Waals surface area contributed by atoms with E-state index in [0.29, 0.717) is 41.9 Å². The molecule has 0 aromatic heterocycles. The fourth-order valence-corrected chi connectivity index (χ4v) is 4.11. The second kappa shape index (κ2) is 10.4. The zero-order valence-corrected chi connectivity index (χ0v) is 18.6. The van der Waals surface area contributed by atoms with E-state index in [0.717, 1.165) is 18.4 Å². The maximum atomic E-state index is 14.9. The van der Waals surface area contributed by atoms with Crippen LogP contribution in [-0.2, 0) is 15.9 Å². The monoisotopic (exact) mass is 452 g/mol. The molecule has 3 aromatic carbocycles. The lowest BCUT2D eigenvalue weighted by Crippen LogP contribution is -2.31. The Morgan fingerprint density at radius 1 is 0.879 bits per heavy atom. The largest absolute Gasteiger partial charge is 0.352 e. The van der Waals surface area contributed by atoms with Crippen molar-refractivity contribution in [3.63, 3.8) is 0 Å². The van der Waals surface area contributed by atoms with Crippen LogP contribution in [0.4, 0.5) is 13.2 Å². The zero-order chi connectivity index (χ0) is 23.4. The van der Waals surface area contributed by atoms with Crippen LogP contribution >= 0.6 is 0 Å². The van der Waals surface area contributed by atoms with Gasteiger partial charge in [-0.1, -0.05) is 61.5 Å². The molecule has 0 bridgehead atoms. The second-order valence-electron chi connectivity index (χ2n) is 8.23. The third-order valence-electron chi connectivity index (χ3n) is 6.09. The Hall–Kier alpha value is -2.89. The van der Waals surface area contributed by atoms with Gasteiger partial charge in [0.1, 0.15) is 5.82 Å². The molecule has 0 radical (unpaired) electrons. The Bertz CT molecular complexity index is 1120. The first-order chi connectivity index (χ1) is 16.0. The van der Waals surface area contributed by atoms with E-state index in [1.165, 1.54) is 6.07 Å². The summed E-state index contributed by atoms with van der Waals surface area (Å²) in [7, 11) is 0. The van der Waals surface area contributed by atoms with Crippen molar-refractivity contribution in [3.8, 4) is 22.3 Å². The summed E-state index contributed by atoms with van der Waals surface area (Å²) in [6.07, 6.45) is 3.53. The zero-order valence-electron chi connectivity index (χ0n) is 18.6. The molecule has 0 saturated carbocycles. The average molecular weight is 453 g/mol. The molecule has 4 rings (SSSR count). The third kappa shape index (κ3) is 5.05. The highest BCUT2D eigenvalue weighted by atomic mass is 19.2. The van der Waals surface area contributed by atoms with Gasteiger partial charge in [-0.25, -0.2) is 13.2 Å². The summed E-state index contributed by atoms with van der Waals surface area (Å²) in [6.45, 7) is 6.29. The number of ether oxygens (including phenoxy) is 2. The third-order valence-corrected chi connectivity index (χ3v) is 6.09. The van der Waals surface area contributed by atoms with Crippen molar-refractivity contribution in [2.75, 3.05) is 13.2 Å². The summed E-state index contributed by atoms with van der Waals surface area (Å²) in [4.78, 5) is 0. The van der Waals surface area contributed by atoms with Gasteiger partial charge in [0.25, 0.3) is 0 Å². The van der Waals surface area contributed by atoms with Gasteiger partial charge in [0, 0.05) is 17.9 Å². The lowest BCUT2D eigenvalue weighted by molar-refractivity contribution is -0.189. The predicted octanol–water partition coefficient (Wildman–Crippen LogP) is 7.42. The number of rotatable bonds is 7. The molecule has 0 unspecified atom stereocenters. The van der Waals surface area contributed by atoms with Crippen LogP contribution in [0.25, 0.3) is 22.3 Å². The topological polar surface area (TPSA) is 18.5 Å². The molecule has 0 amide bonds. The van der Waals surface area contributed by atoms with E-state index in [1.807, 2.05) is 12.1 Å². The molecular formula is C28H27F3O2. The summed E-state index contributed by atoms with van der Waals surface area (Å²) in [5.41, 5.74) is 3.18. The molecule has 1 saturated heterocycles. The molecule has 1 heterocycles. The van der Waals surface area contributed by atoms with Gasteiger partial charge >= 0.3 is 0 Å². The lowest BCUT2D eigenvalue weighted by atomic mass is 9.95. The molecule has 2 nitrogen and oxygen atoms in total. The summed E-state index contributed by atoms with van der Waals surface area (Å²) in [5, 5.41) is 0. The second-order valence-corrected chi connectivity index (χ2v) is 8.23. The van der Waals surface area contributed by atoms with Crippen LogP contribution in [0, 0.1) is 17.5 Å². The number of allylic oxidation sites excluding steroid dienone is 1. The van der Waals surface area contributed by atoms with Crippen LogP contribution in [0.5, 0.6) is 0 Å². The first-order valence-electron chi connectivity index (χ1n) is 11.2. The highest BCUT2D eigenvalue weighted by Crippen LogP contribution is 2.32.